The second-order valence-corrected chi connectivity index (χ2v) is 4.32. The lowest BCUT2D eigenvalue weighted by Crippen LogP contribution is -2.55. The van der Waals surface area contributed by atoms with E-state index in [4.69, 9.17) is 5.73 Å². The molecule has 0 aromatic carbocycles. The first-order valence-electron chi connectivity index (χ1n) is 6.07. The Labute approximate surface area is 101 Å². The van der Waals surface area contributed by atoms with Crippen LogP contribution in [-0.2, 0) is 4.79 Å². The van der Waals surface area contributed by atoms with Gasteiger partial charge in [0.1, 0.15) is 5.54 Å². The minimum absolute atomic E-state index is 0.291. The summed E-state index contributed by atoms with van der Waals surface area (Å²) in [6.07, 6.45) is 2.41. The maximum atomic E-state index is 11.9. The van der Waals surface area contributed by atoms with Crippen LogP contribution in [0, 0.1) is 0 Å². The van der Waals surface area contributed by atoms with E-state index in [9.17, 15) is 14.7 Å². The number of carbonyl (C=O) groups excluding carboxylic acids is 1. The Bertz CT molecular complexity index is 296. The largest absolute Gasteiger partial charge is 0.479 e. The number of carbonyl (C=O) groups is 2. The van der Waals surface area contributed by atoms with Crippen molar-refractivity contribution in [1.82, 2.24) is 10.2 Å². The molecule has 6 heteroatoms. The molecule has 1 unspecified atom stereocenters. The Morgan fingerprint density at radius 1 is 1.53 bits per heavy atom. The SMILES string of the molecule is CCC1(C(=O)O)CCCN1C(=O)NCCCN. The molecule has 0 aromatic rings. The molecule has 17 heavy (non-hydrogen) atoms. The van der Waals surface area contributed by atoms with E-state index in [-0.39, 0.29) is 6.03 Å². The third-order valence-electron chi connectivity index (χ3n) is 3.37. The highest BCUT2D eigenvalue weighted by Gasteiger charge is 2.48. The standard InChI is InChI=1S/C11H21N3O3/c1-2-11(9(15)16)5-3-8-14(11)10(17)13-7-4-6-12/h2-8,12H2,1H3,(H,13,17)(H,15,16). The predicted octanol–water partition coefficient (Wildman–Crippen LogP) is 0.374. The molecule has 0 aliphatic carbocycles. The van der Waals surface area contributed by atoms with Gasteiger partial charge in [0.2, 0.25) is 0 Å². The number of urea groups is 1. The van der Waals surface area contributed by atoms with E-state index in [0.717, 1.165) is 6.42 Å². The fourth-order valence-electron chi connectivity index (χ4n) is 2.31. The highest BCUT2D eigenvalue weighted by atomic mass is 16.4. The molecule has 0 radical (unpaired) electrons. The molecule has 1 rings (SSSR count). The molecule has 1 aliphatic rings. The summed E-state index contributed by atoms with van der Waals surface area (Å²) in [5.41, 5.74) is 4.32. The number of likely N-dealkylation sites (tertiary alicyclic amines) is 1. The fraction of sp³-hybridized carbons (Fsp3) is 0.818. The number of nitrogens with one attached hydrogen (secondary N) is 1. The van der Waals surface area contributed by atoms with Crippen LogP contribution in [0.2, 0.25) is 0 Å². The summed E-state index contributed by atoms with van der Waals surface area (Å²) in [5, 5.41) is 12.0. The summed E-state index contributed by atoms with van der Waals surface area (Å²) in [4.78, 5) is 24.7. The third-order valence-corrected chi connectivity index (χ3v) is 3.37. The van der Waals surface area contributed by atoms with Gasteiger partial charge >= 0.3 is 12.0 Å². The maximum Gasteiger partial charge on any atom is 0.329 e. The van der Waals surface area contributed by atoms with Crippen LogP contribution in [0.25, 0.3) is 0 Å². The molecule has 0 bridgehead atoms. The van der Waals surface area contributed by atoms with Crippen LogP contribution in [0.15, 0.2) is 0 Å². The molecular weight excluding hydrogens is 222 g/mol. The first-order chi connectivity index (χ1) is 8.08. The molecule has 2 amide bonds. The number of rotatable bonds is 5. The molecule has 6 nitrogen and oxygen atoms in total. The van der Waals surface area contributed by atoms with Crippen LogP contribution in [-0.4, -0.2) is 47.2 Å². The smallest absolute Gasteiger partial charge is 0.329 e. The zero-order valence-electron chi connectivity index (χ0n) is 10.2. The van der Waals surface area contributed by atoms with E-state index in [2.05, 4.69) is 5.32 Å². The van der Waals surface area contributed by atoms with Gasteiger partial charge in [-0.2, -0.15) is 0 Å². The topological polar surface area (TPSA) is 95.7 Å². The number of nitrogens with two attached hydrogens (primary N) is 1. The minimum Gasteiger partial charge on any atom is -0.479 e. The Balaban J connectivity index is 2.67. The van der Waals surface area contributed by atoms with Crippen molar-refractivity contribution in [2.75, 3.05) is 19.6 Å². The zero-order chi connectivity index (χ0) is 12.9. The molecule has 0 spiro atoms. The normalized spacial score (nSPS) is 23.8. The van der Waals surface area contributed by atoms with Gasteiger partial charge in [-0.3, -0.25) is 0 Å². The van der Waals surface area contributed by atoms with Crippen molar-refractivity contribution in [2.24, 2.45) is 5.73 Å². The highest BCUT2D eigenvalue weighted by molar-refractivity contribution is 5.87. The lowest BCUT2D eigenvalue weighted by atomic mass is 9.93. The van der Waals surface area contributed by atoms with Gasteiger partial charge < -0.3 is 21.1 Å². The quantitative estimate of drug-likeness (QED) is 0.608. The number of hydrogen-bond acceptors (Lipinski definition) is 3. The van der Waals surface area contributed by atoms with E-state index in [1.807, 2.05) is 0 Å². The number of aliphatic carboxylic acids is 1. The Hall–Kier alpha value is -1.30. The minimum atomic E-state index is -1.02. The Morgan fingerprint density at radius 3 is 2.76 bits per heavy atom. The molecule has 4 N–H and O–H groups in total. The lowest BCUT2D eigenvalue weighted by molar-refractivity contribution is -0.148. The Kier molecular flexibility index (Phi) is 4.74. The van der Waals surface area contributed by atoms with E-state index < -0.39 is 11.5 Å². The van der Waals surface area contributed by atoms with Crippen LogP contribution in [0.1, 0.15) is 32.6 Å². The molecule has 1 saturated heterocycles. The van der Waals surface area contributed by atoms with Crippen LogP contribution < -0.4 is 11.1 Å². The first-order valence-corrected chi connectivity index (χ1v) is 6.07. The second-order valence-electron chi connectivity index (χ2n) is 4.32. The van der Waals surface area contributed by atoms with Crippen LogP contribution >= 0.6 is 0 Å². The van der Waals surface area contributed by atoms with E-state index >= 15 is 0 Å². The summed E-state index contributed by atoms with van der Waals surface area (Å²) in [7, 11) is 0. The van der Waals surface area contributed by atoms with Crippen LogP contribution in [0.3, 0.4) is 0 Å². The fourth-order valence-corrected chi connectivity index (χ4v) is 2.31. The van der Waals surface area contributed by atoms with Gasteiger partial charge in [0, 0.05) is 13.1 Å². The molecule has 1 atom stereocenters. The number of carboxylic acids is 1. The number of carboxylic acid groups (broad SMARTS) is 1. The number of hydrogen-bond donors (Lipinski definition) is 3. The van der Waals surface area contributed by atoms with Gasteiger partial charge in [-0.15, -0.1) is 0 Å². The average Bonchev–Trinajstić information content (AvgIpc) is 2.74. The molecule has 0 saturated carbocycles. The van der Waals surface area contributed by atoms with Crippen molar-refractivity contribution < 1.29 is 14.7 Å². The van der Waals surface area contributed by atoms with Gasteiger partial charge in [0.15, 0.2) is 0 Å². The number of nitrogens with zero attached hydrogens (tertiary/aromatic N) is 1. The van der Waals surface area contributed by atoms with Gasteiger partial charge in [0.25, 0.3) is 0 Å². The van der Waals surface area contributed by atoms with Gasteiger partial charge in [0.05, 0.1) is 0 Å². The van der Waals surface area contributed by atoms with Gasteiger partial charge in [-0.1, -0.05) is 6.92 Å². The monoisotopic (exact) mass is 243 g/mol. The van der Waals surface area contributed by atoms with Crippen molar-refractivity contribution in [3.63, 3.8) is 0 Å². The summed E-state index contributed by atoms with van der Waals surface area (Å²) in [5.74, 6) is -0.911. The predicted molar refractivity (Wildman–Crippen MR) is 63.7 cm³/mol. The van der Waals surface area contributed by atoms with E-state index in [0.29, 0.717) is 38.9 Å². The summed E-state index contributed by atoms with van der Waals surface area (Å²) < 4.78 is 0. The number of amides is 2. The average molecular weight is 243 g/mol. The molecule has 1 fully saturated rings. The second kappa shape index (κ2) is 5.86. The van der Waals surface area contributed by atoms with Crippen LogP contribution in [0.5, 0.6) is 0 Å². The zero-order valence-corrected chi connectivity index (χ0v) is 10.2. The van der Waals surface area contributed by atoms with Gasteiger partial charge in [-0.25, -0.2) is 9.59 Å². The van der Waals surface area contributed by atoms with E-state index in [1.54, 1.807) is 6.92 Å². The van der Waals surface area contributed by atoms with Crippen molar-refractivity contribution in [2.45, 2.75) is 38.1 Å². The van der Waals surface area contributed by atoms with Crippen LogP contribution in [0.4, 0.5) is 4.79 Å². The lowest BCUT2D eigenvalue weighted by Gasteiger charge is -2.33. The summed E-state index contributed by atoms with van der Waals surface area (Å²) in [6.45, 7) is 3.32. The van der Waals surface area contributed by atoms with E-state index in [1.165, 1.54) is 4.90 Å². The molecule has 1 aliphatic heterocycles. The molecule has 0 aromatic heterocycles. The molecular formula is C11H21N3O3. The summed E-state index contributed by atoms with van der Waals surface area (Å²) >= 11 is 0. The first kappa shape index (κ1) is 13.8. The van der Waals surface area contributed by atoms with Gasteiger partial charge in [-0.05, 0) is 32.2 Å². The van der Waals surface area contributed by atoms with Crippen molar-refractivity contribution in [1.29, 1.82) is 0 Å². The third kappa shape index (κ3) is 2.69. The van der Waals surface area contributed by atoms with Crippen molar-refractivity contribution in [3.8, 4) is 0 Å². The Morgan fingerprint density at radius 2 is 2.24 bits per heavy atom. The maximum absolute atomic E-state index is 11.9. The molecule has 1 heterocycles. The van der Waals surface area contributed by atoms with Crippen molar-refractivity contribution in [3.05, 3.63) is 0 Å². The summed E-state index contributed by atoms with van der Waals surface area (Å²) in [6, 6.07) is -0.291. The van der Waals surface area contributed by atoms with Crippen molar-refractivity contribution >= 4 is 12.0 Å². The highest BCUT2D eigenvalue weighted by Crippen LogP contribution is 2.32. The molecule has 98 valence electrons.